The van der Waals surface area contributed by atoms with Crippen LogP contribution in [0.1, 0.15) is 19.3 Å². The van der Waals surface area contributed by atoms with Gasteiger partial charge in [-0.15, -0.1) is 11.7 Å². The molecule has 0 unspecified atom stereocenters. The first-order valence-electron chi connectivity index (χ1n) is 8.23. The molecular weight excluding hydrogens is 342 g/mol. The number of rotatable bonds is 7. The number of aryl methyl sites for hydroxylation is 1. The van der Waals surface area contributed by atoms with Crippen molar-refractivity contribution in [2.75, 3.05) is 19.6 Å². The lowest BCUT2D eigenvalue weighted by atomic mass is 10.3. The summed E-state index contributed by atoms with van der Waals surface area (Å²) in [7, 11) is -3.47. The zero-order valence-corrected chi connectivity index (χ0v) is 14.7. The van der Waals surface area contributed by atoms with Crippen molar-refractivity contribution in [1.29, 1.82) is 0 Å². The van der Waals surface area contributed by atoms with Crippen LogP contribution in [0, 0.1) is 0 Å². The summed E-state index contributed by atoms with van der Waals surface area (Å²) in [4.78, 5) is 11.9. The van der Waals surface area contributed by atoms with Gasteiger partial charge in [-0.2, -0.15) is 4.31 Å². The molecule has 1 N–H and O–H groups in total. The Labute approximate surface area is 146 Å². The highest BCUT2D eigenvalue weighted by molar-refractivity contribution is 7.89. The van der Waals surface area contributed by atoms with Crippen LogP contribution in [0.3, 0.4) is 0 Å². The number of sulfonamides is 1. The van der Waals surface area contributed by atoms with E-state index in [-0.39, 0.29) is 17.2 Å². The molecule has 9 heteroatoms. The predicted molar refractivity (Wildman–Crippen MR) is 93.3 cm³/mol. The van der Waals surface area contributed by atoms with Crippen LogP contribution in [0.4, 0.5) is 0 Å². The van der Waals surface area contributed by atoms with Crippen LogP contribution in [0.15, 0.2) is 35.7 Å². The third-order valence-electron chi connectivity index (χ3n) is 4.18. The molecule has 0 radical (unpaired) electrons. The van der Waals surface area contributed by atoms with E-state index in [0.717, 1.165) is 12.8 Å². The Hall–Kier alpha value is -2.26. The minimum atomic E-state index is -3.47. The molecule has 2 heterocycles. The molecule has 0 aliphatic carbocycles. The summed E-state index contributed by atoms with van der Waals surface area (Å²) in [5, 5.41) is 10.8. The lowest BCUT2D eigenvalue weighted by Gasteiger charge is -2.15. The van der Waals surface area contributed by atoms with Gasteiger partial charge in [0.1, 0.15) is 5.52 Å². The van der Waals surface area contributed by atoms with E-state index in [2.05, 4.69) is 22.2 Å². The van der Waals surface area contributed by atoms with Crippen molar-refractivity contribution in [2.45, 2.75) is 30.7 Å². The fraction of sp³-hybridized carbons (Fsp3) is 0.438. The summed E-state index contributed by atoms with van der Waals surface area (Å²) in [6.45, 7) is 5.47. The maximum atomic E-state index is 12.6. The summed E-state index contributed by atoms with van der Waals surface area (Å²) in [5.41, 5.74) is 1.21. The van der Waals surface area contributed by atoms with E-state index in [9.17, 15) is 13.2 Å². The molecule has 25 heavy (non-hydrogen) atoms. The molecule has 3 rings (SSSR count). The Balaban J connectivity index is 1.77. The van der Waals surface area contributed by atoms with Crippen LogP contribution < -0.4 is 5.32 Å². The van der Waals surface area contributed by atoms with Crippen molar-refractivity contribution in [3.63, 3.8) is 0 Å². The molecule has 134 valence electrons. The van der Waals surface area contributed by atoms with Crippen LogP contribution in [-0.2, 0) is 21.4 Å². The number of nitrogens with one attached hydrogen (secondary N) is 1. The highest BCUT2D eigenvalue weighted by atomic mass is 32.2. The van der Waals surface area contributed by atoms with Crippen LogP contribution >= 0.6 is 0 Å². The first-order valence-corrected chi connectivity index (χ1v) is 9.67. The monoisotopic (exact) mass is 363 g/mol. The van der Waals surface area contributed by atoms with E-state index in [1.54, 1.807) is 29.0 Å². The molecule has 1 saturated heterocycles. The Morgan fingerprint density at radius 3 is 2.80 bits per heavy atom. The standard InChI is InChI=1S/C16H21N5O3S/c1-2-8-17-16(22)7-11-21-15-6-5-13(12-14(15)18-19-21)25(23,24)20-9-3-4-10-20/h2,5-6,12H,1,3-4,7-11H2,(H,17,22). The van der Waals surface area contributed by atoms with Crippen molar-refractivity contribution in [3.05, 3.63) is 30.9 Å². The number of aromatic nitrogens is 3. The molecule has 8 nitrogen and oxygen atoms in total. The fourth-order valence-corrected chi connectivity index (χ4v) is 4.37. The molecule has 1 amide bonds. The molecule has 0 bridgehead atoms. The molecule has 0 spiro atoms. The van der Waals surface area contributed by atoms with E-state index in [4.69, 9.17) is 0 Å². The van der Waals surface area contributed by atoms with Crippen LogP contribution in [0.2, 0.25) is 0 Å². The van der Waals surface area contributed by atoms with E-state index in [1.165, 1.54) is 4.31 Å². The highest BCUT2D eigenvalue weighted by Gasteiger charge is 2.27. The second kappa shape index (κ2) is 7.32. The number of fused-ring (bicyclic) bond motifs is 1. The number of hydrogen-bond acceptors (Lipinski definition) is 5. The van der Waals surface area contributed by atoms with Gasteiger partial charge in [0.15, 0.2) is 0 Å². The summed E-state index contributed by atoms with van der Waals surface area (Å²) >= 11 is 0. The molecule has 2 aromatic rings. The molecule has 0 saturated carbocycles. The normalized spacial score (nSPS) is 15.5. The van der Waals surface area contributed by atoms with Gasteiger partial charge in [-0.25, -0.2) is 13.1 Å². The van der Waals surface area contributed by atoms with Crippen LogP contribution in [0.5, 0.6) is 0 Å². The second-order valence-electron chi connectivity index (χ2n) is 5.92. The fourth-order valence-electron chi connectivity index (χ4n) is 2.84. The minimum absolute atomic E-state index is 0.100. The first-order chi connectivity index (χ1) is 12.0. The number of amides is 1. The summed E-state index contributed by atoms with van der Waals surface area (Å²) in [5.74, 6) is -0.100. The summed E-state index contributed by atoms with van der Waals surface area (Å²) in [6, 6.07) is 4.82. The molecule has 1 aromatic heterocycles. The lowest BCUT2D eigenvalue weighted by molar-refractivity contribution is -0.121. The van der Waals surface area contributed by atoms with E-state index < -0.39 is 10.0 Å². The zero-order valence-electron chi connectivity index (χ0n) is 13.9. The highest BCUT2D eigenvalue weighted by Crippen LogP contribution is 2.23. The van der Waals surface area contributed by atoms with Gasteiger partial charge < -0.3 is 5.32 Å². The van der Waals surface area contributed by atoms with E-state index in [1.807, 2.05) is 0 Å². The first kappa shape index (κ1) is 17.6. The molecule has 0 atom stereocenters. The Morgan fingerprint density at radius 2 is 2.08 bits per heavy atom. The summed E-state index contributed by atoms with van der Waals surface area (Å²) in [6.07, 6.45) is 3.67. The van der Waals surface area contributed by atoms with Gasteiger partial charge in [0, 0.05) is 26.1 Å². The van der Waals surface area contributed by atoms with Gasteiger partial charge >= 0.3 is 0 Å². The largest absolute Gasteiger partial charge is 0.353 e. The van der Waals surface area contributed by atoms with E-state index >= 15 is 0 Å². The van der Waals surface area contributed by atoms with Crippen molar-refractivity contribution < 1.29 is 13.2 Å². The Morgan fingerprint density at radius 1 is 1.32 bits per heavy atom. The number of nitrogens with zero attached hydrogens (tertiary/aromatic N) is 4. The van der Waals surface area contributed by atoms with Gasteiger partial charge in [0.25, 0.3) is 0 Å². The molecule has 1 fully saturated rings. The number of carbonyl (C=O) groups is 1. The van der Waals surface area contributed by atoms with Gasteiger partial charge in [0.05, 0.1) is 17.0 Å². The average Bonchev–Trinajstić information content (AvgIpc) is 3.27. The van der Waals surface area contributed by atoms with Crippen molar-refractivity contribution in [2.24, 2.45) is 0 Å². The SMILES string of the molecule is C=CCNC(=O)CCn1nnc2cc(S(=O)(=O)N3CCCC3)ccc21. The zero-order chi connectivity index (χ0) is 17.9. The topological polar surface area (TPSA) is 97.2 Å². The number of benzene rings is 1. The number of carbonyl (C=O) groups excluding carboxylic acids is 1. The van der Waals surface area contributed by atoms with Crippen molar-refractivity contribution >= 4 is 27.0 Å². The quantitative estimate of drug-likeness (QED) is 0.738. The van der Waals surface area contributed by atoms with Gasteiger partial charge in [0.2, 0.25) is 15.9 Å². The van der Waals surface area contributed by atoms with Gasteiger partial charge in [-0.1, -0.05) is 11.3 Å². The maximum Gasteiger partial charge on any atom is 0.243 e. The van der Waals surface area contributed by atoms with Crippen LogP contribution in [-0.4, -0.2) is 53.3 Å². The van der Waals surface area contributed by atoms with Crippen LogP contribution in [0.25, 0.3) is 11.0 Å². The van der Waals surface area contributed by atoms with Crippen molar-refractivity contribution in [1.82, 2.24) is 24.6 Å². The average molecular weight is 363 g/mol. The molecular formula is C16H21N5O3S. The van der Waals surface area contributed by atoms with E-state index in [0.29, 0.717) is 37.2 Å². The Bertz CT molecular complexity index is 884. The number of hydrogen-bond donors (Lipinski definition) is 1. The third-order valence-corrected chi connectivity index (χ3v) is 6.08. The summed E-state index contributed by atoms with van der Waals surface area (Å²) < 4.78 is 28.3. The second-order valence-corrected chi connectivity index (χ2v) is 7.85. The molecule has 1 aromatic carbocycles. The van der Waals surface area contributed by atoms with Gasteiger partial charge in [-0.05, 0) is 31.0 Å². The van der Waals surface area contributed by atoms with Crippen molar-refractivity contribution in [3.8, 4) is 0 Å². The molecule has 1 aliphatic heterocycles. The van der Waals surface area contributed by atoms with Gasteiger partial charge in [-0.3, -0.25) is 4.79 Å². The predicted octanol–water partition coefficient (Wildman–Crippen LogP) is 0.908. The Kier molecular flexibility index (Phi) is 5.14. The lowest BCUT2D eigenvalue weighted by Crippen LogP contribution is -2.27. The minimum Gasteiger partial charge on any atom is -0.353 e. The third kappa shape index (κ3) is 3.72. The maximum absolute atomic E-state index is 12.6. The molecule has 1 aliphatic rings. The smallest absolute Gasteiger partial charge is 0.243 e.